The van der Waals surface area contributed by atoms with Crippen LogP contribution in [0.2, 0.25) is 0 Å². The number of ether oxygens (including phenoxy) is 1. The first-order valence-electron chi connectivity index (χ1n) is 6.07. The topological polar surface area (TPSA) is 84.5 Å². The summed E-state index contributed by atoms with van der Waals surface area (Å²) in [7, 11) is 0. The maximum atomic E-state index is 11.8. The van der Waals surface area contributed by atoms with Crippen LogP contribution < -0.4 is 10.6 Å². The minimum Gasteiger partial charge on any atom is -0.465 e. The number of hydrogen-bond donors (Lipinski definition) is 2. The molecule has 0 heterocycles. The van der Waals surface area contributed by atoms with Crippen LogP contribution in [0.3, 0.4) is 0 Å². The predicted octanol–water partition coefficient (Wildman–Crippen LogP) is 0.217. The summed E-state index contributed by atoms with van der Waals surface area (Å²) >= 11 is 0. The van der Waals surface area contributed by atoms with Gasteiger partial charge in [-0.25, -0.2) is 0 Å². The van der Waals surface area contributed by atoms with Gasteiger partial charge in [0.05, 0.1) is 6.61 Å². The number of carbonyl (C=O) groups is 3. The zero-order valence-corrected chi connectivity index (χ0v) is 11.4. The van der Waals surface area contributed by atoms with Gasteiger partial charge in [0, 0.05) is 6.92 Å². The van der Waals surface area contributed by atoms with E-state index in [0.29, 0.717) is 6.42 Å². The van der Waals surface area contributed by atoms with E-state index < -0.39 is 12.0 Å². The second kappa shape index (κ2) is 8.49. The molecule has 104 valence electrons. The van der Waals surface area contributed by atoms with Crippen LogP contribution in [0.5, 0.6) is 0 Å². The highest BCUT2D eigenvalue weighted by Gasteiger charge is 2.21. The molecule has 0 aliphatic carbocycles. The summed E-state index contributed by atoms with van der Waals surface area (Å²) in [6, 6.07) is -0.614. The van der Waals surface area contributed by atoms with Crippen LogP contribution in [0.25, 0.3) is 0 Å². The van der Waals surface area contributed by atoms with Crippen LogP contribution in [-0.2, 0) is 19.1 Å². The molecule has 6 heteroatoms. The second-order valence-corrected chi connectivity index (χ2v) is 4.41. The normalized spacial score (nSPS) is 11.8. The number of amides is 2. The lowest BCUT2D eigenvalue weighted by Crippen LogP contribution is -2.48. The van der Waals surface area contributed by atoms with Crippen LogP contribution in [0.4, 0.5) is 0 Å². The Labute approximate surface area is 107 Å². The molecule has 0 bridgehead atoms. The molecule has 0 aliphatic heterocycles. The van der Waals surface area contributed by atoms with Gasteiger partial charge in [0.1, 0.15) is 12.6 Å². The van der Waals surface area contributed by atoms with Gasteiger partial charge in [-0.05, 0) is 19.3 Å². The summed E-state index contributed by atoms with van der Waals surface area (Å²) in [6.45, 7) is 7.04. The zero-order valence-electron chi connectivity index (χ0n) is 11.4. The Balaban J connectivity index is 4.28. The second-order valence-electron chi connectivity index (χ2n) is 4.41. The van der Waals surface area contributed by atoms with Crippen molar-refractivity contribution >= 4 is 17.8 Å². The summed E-state index contributed by atoms with van der Waals surface area (Å²) in [4.78, 5) is 33.9. The van der Waals surface area contributed by atoms with Gasteiger partial charge >= 0.3 is 5.97 Å². The Bertz CT molecular complexity index is 302. The summed E-state index contributed by atoms with van der Waals surface area (Å²) in [5.74, 6) is -0.869. The third-order valence-electron chi connectivity index (χ3n) is 2.11. The Morgan fingerprint density at radius 3 is 2.28 bits per heavy atom. The molecule has 0 aliphatic rings. The molecular formula is C12H22N2O4. The molecule has 0 aromatic rings. The molecule has 18 heavy (non-hydrogen) atoms. The lowest BCUT2D eigenvalue weighted by Gasteiger charge is -2.19. The van der Waals surface area contributed by atoms with E-state index in [1.54, 1.807) is 6.92 Å². The molecule has 2 amide bonds. The summed E-state index contributed by atoms with van der Waals surface area (Å²) in [5.41, 5.74) is 0. The monoisotopic (exact) mass is 258 g/mol. The summed E-state index contributed by atoms with van der Waals surface area (Å²) in [5, 5.41) is 5.01. The van der Waals surface area contributed by atoms with Crippen molar-refractivity contribution in [2.45, 2.75) is 40.2 Å². The SMILES string of the molecule is CCOC(=O)CNC(=O)[C@H](CC(C)C)NC(C)=O. The van der Waals surface area contributed by atoms with Gasteiger partial charge in [0.25, 0.3) is 0 Å². The third-order valence-corrected chi connectivity index (χ3v) is 2.11. The Hall–Kier alpha value is -1.59. The number of hydrogen-bond acceptors (Lipinski definition) is 4. The molecule has 0 fully saturated rings. The van der Waals surface area contributed by atoms with Crippen molar-refractivity contribution in [1.29, 1.82) is 0 Å². The van der Waals surface area contributed by atoms with Crippen LogP contribution in [-0.4, -0.2) is 37.0 Å². The first kappa shape index (κ1) is 16.4. The highest BCUT2D eigenvalue weighted by Crippen LogP contribution is 2.04. The van der Waals surface area contributed by atoms with Crippen molar-refractivity contribution in [3.8, 4) is 0 Å². The van der Waals surface area contributed by atoms with Gasteiger partial charge in [0.2, 0.25) is 11.8 Å². The van der Waals surface area contributed by atoms with Crippen molar-refractivity contribution < 1.29 is 19.1 Å². The Kier molecular flexibility index (Phi) is 7.74. The molecule has 1 atom stereocenters. The molecule has 0 saturated carbocycles. The molecule has 0 unspecified atom stereocenters. The van der Waals surface area contributed by atoms with Crippen molar-refractivity contribution in [3.05, 3.63) is 0 Å². The average Bonchev–Trinajstić information content (AvgIpc) is 2.24. The van der Waals surface area contributed by atoms with E-state index in [2.05, 4.69) is 10.6 Å². The lowest BCUT2D eigenvalue weighted by molar-refractivity contribution is -0.143. The Morgan fingerprint density at radius 2 is 1.83 bits per heavy atom. The quantitative estimate of drug-likeness (QED) is 0.640. The molecule has 0 aromatic heterocycles. The number of rotatable bonds is 7. The van der Waals surface area contributed by atoms with Crippen molar-refractivity contribution in [2.24, 2.45) is 5.92 Å². The highest BCUT2D eigenvalue weighted by molar-refractivity contribution is 5.89. The van der Waals surface area contributed by atoms with Gasteiger partial charge in [-0.3, -0.25) is 14.4 Å². The van der Waals surface area contributed by atoms with Gasteiger partial charge in [0.15, 0.2) is 0 Å². The summed E-state index contributed by atoms with van der Waals surface area (Å²) < 4.78 is 4.69. The minimum absolute atomic E-state index is 0.180. The predicted molar refractivity (Wildman–Crippen MR) is 66.7 cm³/mol. The molecule has 0 saturated heterocycles. The summed E-state index contributed by atoms with van der Waals surface area (Å²) in [6.07, 6.45) is 0.522. The Morgan fingerprint density at radius 1 is 1.22 bits per heavy atom. The van der Waals surface area contributed by atoms with E-state index in [4.69, 9.17) is 4.74 Å². The fraction of sp³-hybridized carbons (Fsp3) is 0.750. The van der Waals surface area contributed by atoms with Gasteiger partial charge in [-0.15, -0.1) is 0 Å². The smallest absolute Gasteiger partial charge is 0.325 e. The van der Waals surface area contributed by atoms with E-state index in [-0.39, 0.29) is 30.9 Å². The maximum absolute atomic E-state index is 11.8. The third kappa shape index (κ3) is 7.65. The van der Waals surface area contributed by atoms with Crippen molar-refractivity contribution in [2.75, 3.05) is 13.2 Å². The minimum atomic E-state index is -0.614. The molecule has 6 nitrogen and oxygen atoms in total. The molecule has 0 radical (unpaired) electrons. The fourth-order valence-electron chi connectivity index (χ4n) is 1.44. The van der Waals surface area contributed by atoms with E-state index >= 15 is 0 Å². The first-order chi connectivity index (χ1) is 8.36. The lowest BCUT2D eigenvalue weighted by atomic mass is 10.0. The van der Waals surface area contributed by atoms with Gasteiger partial charge < -0.3 is 15.4 Å². The van der Waals surface area contributed by atoms with Crippen LogP contribution >= 0.6 is 0 Å². The van der Waals surface area contributed by atoms with E-state index in [0.717, 1.165) is 0 Å². The fourth-order valence-corrected chi connectivity index (χ4v) is 1.44. The number of esters is 1. The molecule has 0 rings (SSSR count). The van der Waals surface area contributed by atoms with Crippen LogP contribution in [0, 0.1) is 5.92 Å². The molecule has 2 N–H and O–H groups in total. The van der Waals surface area contributed by atoms with Crippen LogP contribution in [0.1, 0.15) is 34.1 Å². The van der Waals surface area contributed by atoms with E-state index in [9.17, 15) is 14.4 Å². The molecular weight excluding hydrogens is 236 g/mol. The van der Waals surface area contributed by atoms with E-state index in [1.807, 2.05) is 13.8 Å². The number of nitrogens with one attached hydrogen (secondary N) is 2. The zero-order chi connectivity index (χ0) is 14.1. The van der Waals surface area contributed by atoms with E-state index in [1.165, 1.54) is 6.92 Å². The van der Waals surface area contributed by atoms with Crippen molar-refractivity contribution in [3.63, 3.8) is 0 Å². The van der Waals surface area contributed by atoms with Crippen molar-refractivity contribution in [1.82, 2.24) is 10.6 Å². The van der Waals surface area contributed by atoms with Gasteiger partial charge in [-0.2, -0.15) is 0 Å². The largest absolute Gasteiger partial charge is 0.465 e. The molecule has 0 aromatic carbocycles. The average molecular weight is 258 g/mol. The standard InChI is InChI=1S/C12H22N2O4/c1-5-18-11(16)7-13-12(17)10(6-8(2)3)14-9(4)15/h8,10H,5-7H2,1-4H3,(H,13,17)(H,14,15)/t10-/m0/s1. The first-order valence-corrected chi connectivity index (χ1v) is 6.07. The van der Waals surface area contributed by atoms with Gasteiger partial charge in [-0.1, -0.05) is 13.8 Å². The molecule has 0 spiro atoms. The number of carbonyl (C=O) groups excluding carboxylic acids is 3. The maximum Gasteiger partial charge on any atom is 0.325 e. The highest BCUT2D eigenvalue weighted by atomic mass is 16.5. The van der Waals surface area contributed by atoms with Crippen LogP contribution in [0.15, 0.2) is 0 Å².